The average Bonchev–Trinajstić information content (AvgIpc) is 3.41. The second kappa shape index (κ2) is 8.98. The molecule has 1 amide bonds. The largest absolute Gasteiger partial charge is 0.507 e. The molecule has 0 spiro atoms. The number of ether oxygens (including phenoxy) is 1. The summed E-state index contributed by atoms with van der Waals surface area (Å²) in [5, 5.41) is 12.9. The number of hydrogen-bond donors (Lipinski definition) is 1. The van der Waals surface area contributed by atoms with Crippen LogP contribution in [0.5, 0.6) is 5.75 Å². The molecule has 3 aromatic rings. The fourth-order valence-electron chi connectivity index (χ4n) is 4.01. The van der Waals surface area contributed by atoms with Gasteiger partial charge in [0.1, 0.15) is 11.5 Å². The Bertz CT molecular complexity index is 1280. The summed E-state index contributed by atoms with van der Waals surface area (Å²) in [4.78, 5) is 27.9. The average molecular weight is 487 g/mol. The number of thiophene rings is 1. The maximum absolute atomic E-state index is 13.2. The molecule has 0 bridgehead atoms. The van der Waals surface area contributed by atoms with Crippen molar-refractivity contribution in [2.45, 2.75) is 25.7 Å². The zero-order valence-corrected chi connectivity index (χ0v) is 19.0. The van der Waals surface area contributed by atoms with Gasteiger partial charge in [-0.05, 0) is 59.8 Å². The summed E-state index contributed by atoms with van der Waals surface area (Å²) in [6.45, 7) is 1.55. The number of carbonyl (C=O) groups excluding carboxylic acids is 2. The van der Waals surface area contributed by atoms with Crippen LogP contribution in [0.25, 0.3) is 5.76 Å². The van der Waals surface area contributed by atoms with Crippen molar-refractivity contribution in [3.05, 3.63) is 92.7 Å². The summed E-state index contributed by atoms with van der Waals surface area (Å²) in [7, 11) is 1.51. The number of aliphatic hydroxyl groups excluding tert-OH is 1. The number of benzene rings is 2. The smallest absolute Gasteiger partial charge is 0.416 e. The highest BCUT2D eigenvalue weighted by atomic mass is 32.1. The summed E-state index contributed by atoms with van der Waals surface area (Å²) in [6.07, 6.45) is -4.54. The predicted molar refractivity (Wildman–Crippen MR) is 121 cm³/mol. The number of ketones is 1. The van der Waals surface area contributed by atoms with Crippen molar-refractivity contribution < 1.29 is 32.6 Å². The van der Waals surface area contributed by atoms with Crippen LogP contribution in [0, 0.1) is 6.92 Å². The minimum Gasteiger partial charge on any atom is -0.507 e. The normalized spacial score (nSPS) is 17.9. The maximum atomic E-state index is 13.2. The van der Waals surface area contributed by atoms with E-state index in [1.807, 2.05) is 0 Å². The number of aryl methyl sites for hydroxylation is 1. The number of Topliss-reactive ketones (excluding diaryl/α,β-unsaturated/α-hetero) is 1. The Hall–Kier alpha value is -3.59. The van der Waals surface area contributed by atoms with Gasteiger partial charge in [-0.25, -0.2) is 0 Å². The number of likely N-dealkylation sites (tertiary alicyclic amines) is 1. The molecule has 0 radical (unpaired) electrons. The summed E-state index contributed by atoms with van der Waals surface area (Å²) in [6, 6.07) is 12.0. The minimum atomic E-state index is -4.54. The van der Waals surface area contributed by atoms with Gasteiger partial charge in [0.25, 0.3) is 11.7 Å². The van der Waals surface area contributed by atoms with Crippen LogP contribution in [0.1, 0.15) is 33.2 Å². The highest BCUT2D eigenvalue weighted by Crippen LogP contribution is 2.42. The lowest BCUT2D eigenvalue weighted by molar-refractivity contribution is -0.140. The van der Waals surface area contributed by atoms with Crippen molar-refractivity contribution in [1.29, 1.82) is 0 Å². The molecule has 1 aliphatic rings. The molecule has 1 N–H and O–H groups in total. The van der Waals surface area contributed by atoms with Gasteiger partial charge in [0.2, 0.25) is 0 Å². The van der Waals surface area contributed by atoms with Crippen molar-refractivity contribution in [2.75, 3.05) is 7.11 Å². The van der Waals surface area contributed by atoms with Crippen molar-refractivity contribution in [3.63, 3.8) is 0 Å². The number of amides is 1. The highest BCUT2D eigenvalue weighted by Gasteiger charge is 2.46. The lowest BCUT2D eigenvalue weighted by Gasteiger charge is -2.24. The Kier molecular flexibility index (Phi) is 6.22. The molecular weight excluding hydrogens is 467 g/mol. The number of rotatable bonds is 5. The van der Waals surface area contributed by atoms with Crippen molar-refractivity contribution in [2.24, 2.45) is 0 Å². The molecule has 1 aromatic heterocycles. The third kappa shape index (κ3) is 4.31. The van der Waals surface area contributed by atoms with Gasteiger partial charge in [-0.3, -0.25) is 9.59 Å². The van der Waals surface area contributed by atoms with Gasteiger partial charge in [-0.2, -0.15) is 13.2 Å². The maximum Gasteiger partial charge on any atom is 0.416 e. The number of methoxy groups -OCH3 is 1. The molecule has 0 aliphatic carbocycles. The van der Waals surface area contributed by atoms with Gasteiger partial charge in [0.15, 0.2) is 0 Å². The Morgan fingerprint density at radius 1 is 1.12 bits per heavy atom. The van der Waals surface area contributed by atoms with Crippen molar-refractivity contribution in [1.82, 2.24) is 4.90 Å². The molecule has 34 heavy (non-hydrogen) atoms. The molecule has 1 unspecified atom stereocenters. The number of hydrogen-bond acceptors (Lipinski definition) is 5. The van der Waals surface area contributed by atoms with Crippen LogP contribution in [0.3, 0.4) is 0 Å². The Morgan fingerprint density at radius 3 is 2.50 bits per heavy atom. The van der Waals surface area contributed by atoms with Gasteiger partial charge >= 0.3 is 6.18 Å². The van der Waals surface area contributed by atoms with Crippen LogP contribution >= 0.6 is 11.3 Å². The topological polar surface area (TPSA) is 66.8 Å². The number of halogens is 3. The first kappa shape index (κ1) is 23.6. The molecule has 1 aliphatic heterocycles. The Balaban J connectivity index is 1.80. The summed E-state index contributed by atoms with van der Waals surface area (Å²) >= 11 is 1.28. The molecule has 1 atom stereocenters. The van der Waals surface area contributed by atoms with E-state index in [0.29, 0.717) is 16.2 Å². The van der Waals surface area contributed by atoms with Crippen LogP contribution in [0.2, 0.25) is 0 Å². The predicted octanol–water partition coefficient (Wildman–Crippen LogP) is 5.71. The lowest BCUT2D eigenvalue weighted by Crippen LogP contribution is -2.29. The standard InChI is InChI=1S/C25H20F3NO4S/c1-14-11-16(8-9-18(14)33-2)22(30)20-21(19-7-4-10-34-19)29(24(32)23(20)31)13-15-5-3-6-17(12-15)25(26,27)28/h3-12,21,30H,13H2,1-2H3/b22-20-. The molecule has 4 rings (SSSR count). The zero-order chi connectivity index (χ0) is 24.6. The number of aliphatic hydroxyl groups is 1. The van der Waals surface area contributed by atoms with Crippen molar-refractivity contribution >= 4 is 28.8 Å². The molecule has 2 heterocycles. The quantitative estimate of drug-likeness (QED) is 0.285. The number of alkyl halides is 3. The second-order valence-corrected chi connectivity index (χ2v) is 8.80. The minimum absolute atomic E-state index is 0.107. The molecule has 176 valence electrons. The van der Waals surface area contributed by atoms with E-state index >= 15 is 0 Å². The monoisotopic (exact) mass is 487 g/mol. The van der Waals surface area contributed by atoms with E-state index in [-0.39, 0.29) is 23.4 Å². The van der Waals surface area contributed by atoms with Gasteiger partial charge in [0.05, 0.1) is 24.3 Å². The highest BCUT2D eigenvalue weighted by molar-refractivity contribution is 7.10. The van der Waals surface area contributed by atoms with Gasteiger partial charge in [-0.15, -0.1) is 11.3 Å². The summed E-state index contributed by atoms with van der Waals surface area (Å²) in [5.41, 5.74) is 0.319. The van der Waals surface area contributed by atoms with Crippen LogP contribution < -0.4 is 4.74 Å². The first-order valence-corrected chi connectivity index (χ1v) is 11.1. The van der Waals surface area contributed by atoms with E-state index in [2.05, 4.69) is 0 Å². The zero-order valence-electron chi connectivity index (χ0n) is 18.2. The van der Waals surface area contributed by atoms with E-state index in [1.54, 1.807) is 42.6 Å². The molecular formula is C25H20F3NO4S. The van der Waals surface area contributed by atoms with Crippen molar-refractivity contribution in [3.8, 4) is 5.75 Å². The van der Waals surface area contributed by atoms with Gasteiger partial charge in [-0.1, -0.05) is 18.2 Å². The Morgan fingerprint density at radius 2 is 1.88 bits per heavy atom. The number of carbonyl (C=O) groups is 2. The van der Waals surface area contributed by atoms with Crippen LogP contribution in [-0.4, -0.2) is 28.8 Å². The number of nitrogens with zero attached hydrogens (tertiary/aromatic N) is 1. The molecule has 2 aromatic carbocycles. The molecule has 1 fully saturated rings. The first-order valence-electron chi connectivity index (χ1n) is 10.2. The molecule has 9 heteroatoms. The molecule has 1 saturated heterocycles. The van der Waals surface area contributed by atoms with Crippen LogP contribution in [0.4, 0.5) is 13.2 Å². The van der Waals surface area contributed by atoms with Crippen LogP contribution in [0.15, 0.2) is 65.6 Å². The second-order valence-electron chi connectivity index (χ2n) is 7.82. The lowest BCUT2D eigenvalue weighted by atomic mass is 9.98. The van der Waals surface area contributed by atoms with Gasteiger partial charge < -0.3 is 14.7 Å². The molecule has 0 saturated carbocycles. The third-order valence-corrected chi connectivity index (χ3v) is 6.55. The van der Waals surface area contributed by atoms with E-state index in [4.69, 9.17) is 4.74 Å². The van der Waals surface area contributed by atoms with E-state index in [9.17, 15) is 27.9 Å². The third-order valence-electron chi connectivity index (χ3n) is 5.63. The van der Waals surface area contributed by atoms with Gasteiger partial charge in [0, 0.05) is 17.0 Å². The fraction of sp³-hybridized carbons (Fsp3) is 0.200. The SMILES string of the molecule is COc1ccc(/C(O)=C2/C(=O)C(=O)N(Cc3cccc(C(F)(F)F)c3)C2c2cccs2)cc1C. The van der Waals surface area contributed by atoms with E-state index in [1.165, 1.54) is 35.5 Å². The van der Waals surface area contributed by atoms with E-state index in [0.717, 1.165) is 17.7 Å². The summed E-state index contributed by atoms with van der Waals surface area (Å²) in [5.74, 6) is -1.54. The molecule has 5 nitrogen and oxygen atoms in total. The Labute approximate surface area is 197 Å². The fourth-order valence-corrected chi connectivity index (χ4v) is 4.86. The van der Waals surface area contributed by atoms with Crippen LogP contribution in [-0.2, 0) is 22.3 Å². The van der Waals surface area contributed by atoms with E-state index < -0.39 is 29.5 Å². The first-order chi connectivity index (χ1) is 16.1. The summed E-state index contributed by atoms with van der Waals surface area (Å²) < 4.78 is 44.8.